The Labute approximate surface area is 89.8 Å². The average Bonchev–Trinajstić information content (AvgIpc) is 2.68. The molecule has 7 heteroatoms. The Morgan fingerprint density at radius 1 is 1.19 bits per heavy atom. The lowest BCUT2D eigenvalue weighted by Gasteiger charge is -1.91. The first-order valence-corrected chi connectivity index (χ1v) is 4.67. The maximum atomic E-state index is 11.4. The van der Waals surface area contributed by atoms with Crippen molar-refractivity contribution in [3.8, 4) is 11.5 Å². The third kappa shape index (κ3) is 0.992. The predicted octanol–water partition coefficient (Wildman–Crippen LogP) is -0.438. The van der Waals surface area contributed by atoms with Crippen molar-refractivity contribution >= 4 is 11.2 Å². The minimum Gasteiger partial charge on any atom is -0.318 e. The van der Waals surface area contributed by atoms with Crippen molar-refractivity contribution in [1.82, 2.24) is 29.1 Å². The van der Waals surface area contributed by atoms with Gasteiger partial charge in [0.1, 0.15) is 17.5 Å². The van der Waals surface area contributed by atoms with Crippen LogP contribution in [-0.2, 0) is 14.1 Å². The van der Waals surface area contributed by atoms with Crippen molar-refractivity contribution in [1.29, 1.82) is 0 Å². The minimum atomic E-state index is -0.333. The molecule has 0 atom stereocenters. The Hall–Kier alpha value is -2.31. The van der Waals surface area contributed by atoms with Crippen LogP contribution in [0, 0.1) is 0 Å². The molecule has 1 aromatic rings. The number of rotatable bonds is 0. The predicted molar refractivity (Wildman–Crippen MR) is 56.0 cm³/mol. The van der Waals surface area contributed by atoms with E-state index in [2.05, 4.69) is 19.9 Å². The summed E-state index contributed by atoms with van der Waals surface area (Å²) in [5, 5.41) is 0. The van der Waals surface area contributed by atoms with Gasteiger partial charge >= 0.3 is 5.69 Å². The van der Waals surface area contributed by atoms with Gasteiger partial charge in [0.25, 0.3) is 0 Å². The zero-order valence-corrected chi connectivity index (χ0v) is 8.75. The summed E-state index contributed by atoms with van der Waals surface area (Å²) in [5.41, 5.74) is 1.40. The molecule has 0 fully saturated rings. The van der Waals surface area contributed by atoms with Crippen molar-refractivity contribution in [3.63, 3.8) is 0 Å². The summed E-state index contributed by atoms with van der Waals surface area (Å²) in [7, 11) is 3.45. The van der Waals surface area contributed by atoms with Crippen LogP contribution in [-0.4, -0.2) is 29.1 Å². The van der Waals surface area contributed by atoms with Crippen molar-refractivity contribution in [3.05, 3.63) is 23.1 Å². The van der Waals surface area contributed by atoms with Crippen LogP contribution in [0.1, 0.15) is 0 Å². The third-order valence-corrected chi connectivity index (χ3v) is 2.51. The first kappa shape index (κ1) is 8.96. The minimum absolute atomic E-state index is 0.333. The Bertz CT molecular complexity index is 712. The number of hydrogen-bond donors (Lipinski definition) is 0. The standard InChI is InChI=1S/C9H8N6O/c1-14-4-12-5-6-8(11-3-10-7(5)14)15(2)9(16)13-6/h3-4H,1-2H3. The van der Waals surface area contributed by atoms with E-state index < -0.39 is 0 Å². The Kier molecular flexibility index (Phi) is 1.59. The van der Waals surface area contributed by atoms with Crippen molar-refractivity contribution < 1.29 is 0 Å². The fourth-order valence-corrected chi connectivity index (χ4v) is 1.66. The highest BCUT2D eigenvalue weighted by Gasteiger charge is 2.17. The lowest BCUT2D eigenvalue weighted by molar-refractivity contribution is 0.853. The van der Waals surface area contributed by atoms with Crippen molar-refractivity contribution in [2.24, 2.45) is 14.1 Å². The van der Waals surface area contributed by atoms with E-state index in [1.807, 2.05) is 7.05 Å². The van der Waals surface area contributed by atoms with Gasteiger partial charge < -0.3 is 4.57 Å². The van der Waals surface area contributed by atoms with E-state index in [9.17, 15) is 4.79 Å². The Morgan fingerprint density at radius 3 is 2.81 bits per heavy atom. The monoisotopic (exact) mass is 216 g/mol. The molecular formula is C9H8N6O. The molecule has 3 rings (SSSR count). The van der Waals surface area contributed by atoms with Crippen LogP contribution in [0.15, 0.2) is 17.4 Å². The summed E-state index contributed by atoms with van der Waals surface area (Å²) in [5.74, 6) is 0.492. The highest BCUT2D eigenvalue weighted by molar-refractivity contribution is 5.84. The average molecular weight is 216 g/mol. The van der Waals surface area contributed by atoms with Gasteiger partial charge in [0.05, 0.1) is 6.33 Å². The number of imidazole rings is 2. The van der Waals surface area contributed by atoms with E-state index in [0.717, 1.165) is 0 Å². The van der Waals surface area contributed by atoms with E-state index in [4.69, 9.17) is 0 Å². The van der Waals surface area contributed by atoms with Gasteiger partial charge in [-0.05, 0) is 0 Å². The van der Waals surface area contributed by atoms with E-state index in [-0.39, 0.29) is 5.69 Å². The molecule has 3 heterocycles. The van der Waals surface area contributed by atoms with Gasteiger partial charge in [-0.3, -0.25) is 4.57 Å². The van der Waals surface area contributed by atoms with Gasteiger partial charge in [-0.1, -0.05) is 0 Å². The van der Waals surface area contributed by atoms with Crippen LogP contribution in [0.5, 0.6) is 0 Å². The molecule has 0 aliphatic carbocycles. The molecule has 0 amide bonds. The van der Waals surface area contributed by atoms with Crippen LogP contribution in [0.25, 0.3) is 22.7 Å². The maximum Gasteiger partial charge on any atom is 0.349 e. The number of hydrogen-bond acceptors (Lipinski definition) is 5. The number of aryl methyl sites for hydroxylation is 1. The number of nitrogens with zero attached hydrogens (tertiary/aromatic N) is 6. The van der Waals surface area contributed by atoms with E-state index >= 15 is 0 Å². The molecule has 7 nitrogen and oxygen atoms in total. The number of fused-ring (bicyclic) bond motifs is 3. The first-order valence-electron chi connectivity index (χ1n) is 4.67. The summed E-state index contributed by atoms with van der Waals surface area (Å²) >= 11 is 0. The highest BCUT2D eigenvalue weighted by Crippen LogP contribution is 2.20. The molecule has 0 N–H and O–H groups in total. The summed E-state index contributed by atoms with van der Waals surface area (Å²) in [6, 6.07) is 0. The largest absolute Gasteiger partial charge is 0.349 e. The Morgan fingerprint density at radius 2 is 2.00 bits per heavy atom. The topological polar surface area (TPSA) is 78.5 Å². The highest BCUT2D eigenvalue weighted by atomic mass is 16.1. The molecule has 2 aliphatic rings. The first-order chi connectivity index (χ1) is 7.68. The number of aromatic nitrogens is 6. The van der Waals surface area contributed by atoms with Crippen molar-refractivity contribution in [2.75, 3.05) is 0 Å². The molecule has 0 saturated heterocycles. The van der Waals surface area contributed by atoms with Gasteiger partial charge in [-0.15, -0.1) is 0 Å². The van der Waals surface area contributed by atoms with E-state index in [1.165, 1.54) is 10.9 Å². The van der Waals surface area contributed by atoms with E-state index in [1.54, 1.807) is 17.9 Å². The molecule has 0 unspecified atom stereocenters. The molecular weight excluding hydrogens is 208 g/mol. The fraction of sp³-hybridized carbons (Fsp3) is 0.222. The Balaban J connectivity index is 2.59. The van der Waals surface area contributed by atoms with Gasteiger partial charge in [0.2, 0.25) is 0 Å². The molecule has 1 aromatic heterocycles. The summed E-state index contributed by atoms with van der Waals surface area (Å²) < 4.78 is 3.14. The summed E-state index contributed by atoms with van der Waals surface area (Å²) in [6.45, 7) is 0. The SMILES string of the molecule is Cn1c2ncnc3c(ncn3C)c-2nc1=O. The molecule has 0 radical (unpaired) electrons. The van der Waals surface area contributed by atoms with Crippen LogP contribution in [0.2, 0.25) is 0 Å². The molecule has 0 spiro atoms. The smallest absolute Gasteiger partial charge is 0.318 e. The summed E-state index contributed by atoms with van der Waals surface area (Å²) in [4.78, 5) is 27.8. The molecule has 0 aromatic carbocycles. The second kappa shape index (κ2) is 2.84. The van der Waals surface area contributed by atoms with Crippen LogP contribution >= 0.6 is 0 Å². The van der Waals surface area contributed by atoms with Crippen LogP contribution in [0.3, 0.4) is 0 Å². The fourth-order valence-electron chi connectivity index (χ4n) is 1.66. The van der Waals surface area contributed by atoms with Crippen molar-refractivity contribution in [2.45, 2.75) is 0 Å². The zero-order chi connectivity index (χ0) is 11.3. The normalized spacial score (nSPS) is 11.4. The second-order valence-electron chi connectivity index (χ2n) is 3.53. The lowest BCUT2D eigenvalue weighted by Crippen LogP contribution is -2.12. The molecule has 16 heavy (non-hydrogen) atoms. The van der Waals surface area contributed by atoms with Gasteiger partial charge in [0, 0.05) is 14.1 Å². The van der Waals surface area contributed by atoms with Crippen LogP contribution < -0.4 is 5.69 Å². The van der Waals surface area contributed by atoms with E-state index in [0.29, 0.717) is 22.7 Å². The van der Waals surface area contributed by atoms with Gasteiger partial charge in [-0.2, -0.15) is 4.98 Å². The maximum absolute atomic E-state index is 11.4. The lowest BCUT2D eigenvalue weighted by atomic mass is 10.3. The quantitative estimate of drug-likeness (QED) is 0.509. The zero-order valence-electron chi connectivity index (χ0n) is 8.75. The molecule has 0 bridgehead atoms. The second-order valence-corrected chi connectivity index (χ2v) is 3.53. The third-order valence-electron chi connectivity index (χ3n) is 2.51. The van der Waals surface area contributed by atoms with Gasteiger partial charge in [-0.25, -0.2) is 19.7 Å². The molecule has 2 aliphatic heterocycles. The van der Waals surface area contributed by atoms with Crippen LogP contribution in [0.4, 0.5) is 0 Å². The molecule has 80 valence electrons. The van der Waals surface area contributed by atoms with Gasteiger partial charge in [0.15, 0.2) is 11.5 Å². The summed E-state index contributed by atoms with van der Waals surface area (Å²) in [6.07, 6.45) is 3.05. The molecule has 0 saturated carbocycles.